The molecule has 3 aromatic carbocycles. The van der Waals surface area contributed by atoms with Gasteiger partial charge in [0.1, 0.15) is 0 Å². The quantitative estimate of drug-likeness (QED) is 0.420. The molecule has 0 saturated heterocycles. The van der Waals surface area contributed by atoms with Crippen molar-refractivity contribution in [3.8, 4) is 11.5 Å². The zero-order chi connectivity index (χ0) is 18.7. The number of benzene rings is 3. The summed E-state index contributed by atoms with van der Waals surface area (Å²) < 4.78 is 0. The molecular formula is C21H14O5. The molecule has 26 heavy (non-hydrogen) atoms. The molecule has 0 radical (unpaired) electrons. The number of phenols is 2. The van der Waals surface area contributed by atoms with Crippen LogP contribution in [-0.2, 0) is 0 Å². The van der Waals surface area contributed by atoms with Gasteiger partial charge in [0.25, 0.3) is 0 Å². The number of ketones is 2. The fourth-order valence-corrected chi connectivity index (χ4v) is 2.66. The molecule has 128 valence electrons. The number of aromatic hydroxyl groups is 2. The van der Waals surface area contributed by atoms with Gasteiger partial charge in [0.2, 0.25) is 0 Å². The van der Waals surface area contributed by atoms with Crippen LogP contribution in [-0.4, -0.2) is 28.1 Å². The summed E-state index contributed by atoms with van der Waals surface area (Å²) in [6.07, 6.45) is 0.372. The third kappa shape index (κ3) is 2.98. The fourth-order valence-electron chi connectivity index (χ4n) is 2.66. The predicted molar refractivity (Wildman–Crippen MR) is 94.9 cm³/mol. The maximum absolute atomic E-state index is 12.6. The van der Waals surface area contributed by atoms with Gasteiger partial charge in [-0.2, -0.15) is 0 Å². The van der Waals surface area contributed by atoms with Crippen molar-refractivity contribution in [3.63, 3.8) is 0 Å². The molecule has 0 heterocycles. The van der Waals surface area contributed by atoms with E-state index < -0.39 is 23.1 Å². The summed E-state index contributed by atoms with van der Waals surface area (Å²) in [7, 11) is 0. The summed E-state index contributed by atoms with van der Waals surface area (Å²) in [5.41, 5.74) is -0.240. The van der Waals surface area contributed by atoms with Gasteiger partial charge in [-0.1, -0.05) is 60.7 Å². The maximum atomic E-state index is 12.6. The zero-order valence-corrected chi connectivity index (χ0v) is 13.5. The highest BCUT2D eigenvalue weighted by Crippen LogP contribution is 2.37. The average Bonchev–Trinajstić information content (AvgIpc) is 2.70. The molecule has 0 saturated carbocycles. The van der Waals surface area contributed by atoms with Gasteiger partial charge in [-0.15, -0.1) is 0 Å². The Bertz CT molecular complexity index is 992. The Balaban J connectivity index is 2.15. The van der Waals surface area contributed by atoms with Crippen LogP contribution in [0.4, 0.5) is 0 Å². The first-order valence-corrected chi connectivity index (χ1v) is 7.78. The molecule has 0 atom stereocenters. The van der Waals surface area contributed by atoms with Crippen LogP contribution in [0.15, 0.2) is 66.7 Å². The molecule has 0 aromatic heterocycles. The van der Waals surface area contributed by atoms with Crippen molar-refractivity contribution in [2.24, 2.45) is 0 Å². The minimum atomic E-state index is -0.789. The third-order valence-corrected chi connectivity index (χ3v) is 3.98. The standard InChI is InChI=1S/C21H14O5/c22-12-15-11-16(18(23)13-7-3-1-4-8-13)20(25)21(26)17(15)19(24)14-9-5-2-6-10-14/h1-12,25-26H. The summed E-state index contributed by atoms with van der Waals surface area (Å²) in [4.78, 5) is 36.7. The first-order valence-electron chi connectivity index (χ1n) is 7.78. The van der Waals surface area contributed by atoms with Crippen molar-refractivity contribution in [3.05, 3.63) is 94.5 Å². The van der Waals surface area contributed by atoms with Crippen LogP contribution in [0.5, 0.6) is 11.5 Å². The van der Waals surface area contributed by atoms with Crippen LogP contribution in [0, 0.1) is 0 Å². The van der Waals surface area contributed by atoms with Gasteiger partial charge in [-0.25, -0.2) is 0 Å². The Morgan fingerprint density at radius 1 is 0.731 bits per heavy atom. The van der Waals surface area contributed by atoms with Gasteiger partial charge >= 0.3 is 0 Å². The number of carbonyl (C=O) groups excluding carboxylic acids is 3. The molecule has 0 aliphatic rings. The molecule has 0 amide bonds. The van der Waals surface area contributed by atoms with Gasteiger partial charge in [-0.05, 0) is 6.07 Å². The van der Waals surface area contributed by atoms with Crippen molar-refractivity contribution in [1.29, 1.82) is 0 Å². The lowest BCUT2D eigenvalue weighted by molar-refractivity contribution is 0.101. The van der Waals surface area contributed by atoms with Gasteiger partial charge < -0.3 is 10.2 Å². The van der Waals surface area contributed by atoms with Crippen molar-refractivity contribution in [2.45, 2.75) is 0 Å². The van der Waals surface area contributed by atoms with Crippen LogP contribution in [0.3, 0.4) is 0 Å². The number of phenolic OH excluding ortho intramolecular Hbond substituents is 2. The van der Waals surface area contributed by atoms with E-state index in [9.17, 15) is 24.6 Å². The highest BCUT2D eigenvalue weighted by Gasteiger charge is 2.26. The van der Waals surface area contributed by atoms with E-state index >= 15 is 0 Å². The SMILES string of the molecule is O=Cc1cc(C(=O)c2ccccc2)c(O)c(O)c1C(=O)c1ccccc1. The van der Waals surface area contributed by atoms with Crippen LogP contribution in [0.1, 0.15) is 42.2 Å². The summed E-state index contributed by atoms with van der Waals surface area (Å²) in [5.74, 6) is -2.72. The van der Waals surface area contributed by atoms with Crippen molar-refractivity contribution >= 4 is 17.9 Å². The average molecular weight is 346 g/mol. The van der Waals surface area contributed by atoms with Crippen LogP contribution in [0.2, 0.25) is 0 Å². The lowest BCUT2D eigenvalue weighted by Gasteiger charge is -2.12. The maximum Gasteiger partial charge on any atom is 0.197 e. The van der Waals surface area contributed by atoms with Gasteiger partial charge in [0, 0.05) is 16.7 Å². The van der Waals surface area contributed by atoms with Crippen LogP contribution >= 0.6 is 0 Å². The second kappa shape index (κ2) is 7.03. The molecular weight excluding hydrogens is 332 g/mol. The second-order valence-electron chi connectivity index (χ2n) is 5.59. The first kappa shape index (κ1) is 17.1. The molecule has 5 nitrogen and oxygen atoms in total. The van der Waals surface area contributed by atoms with E-state index in [0.29, 0.717) is 6.29 Å². The summed E-state index contributed by atoms with van der Waals surface area (Å²) >= 11 is 0. The van der Waals surface area contributed by atoms with Crippen LogP contribution in [0.25, 0.3) is 0 Å². The van der Waals surface area contributed by atoms with Gasteiger partial charge in [0.15, 0.2) is 29.4 Å². The second-order valence-corrected chi connectivity index (χ2v) is 5.59. The third-order valence-electron chi connectivity index (χ3n) is 3.98. The van der Waals surface area contributed by atoms with E-state index in [2.05, 4.69) is 0 Å². The van der Waals surface area contributed by atoms with E-state index in [1.54, 1.807) is 48.5 Å². The van der Waals surface area contributed by atoms with E-state index in [0.717, 1.165) is 6.07 Å². The number of hydrogen-bond donors (Lipinski definition) is 2. The van der Waals surface area contributed by atoms with Crippen molar-refractivity contribution < 1.29 is 24.6 Å². The Labute approximate surface area is 149 Å². The van der Waals surface area contributed by atoms with Crippen molar-refractivity contribution in [1.82, 2.24) is 0 Å². The zero-order valence-electron chi connectivity index (χ0n) is 13.5. The molecule has 2 N–H and O–H groups in total. The molecule has 0 aliphatic heterocycles. The normalized spacial score (nSPS) is 10.3. The molecule has 0 aliphatic carbocycles. The van der Waals surface area contributed by atoms with E-state index in [-0.39, 0.29) is 27.8 Å². The number of hydrogen-bond acceptors (Lipinski definition) is 5. The highest BCUT2D eigenvalue weighted by molar-refractivity contribution is 6.18. The smallest absolute Gasteiger partial charge is 0.197 e. The lowest BCUT2D eigenvalue weighted by Crippen LogP contribution is -2.09. The largest absolute Gasteiger partial charge is 0.504 e. The van der Waals surface area contributed by atoms with E-state index in [4.69, 9.17) is 0 Å². The van der Waals surface area contributed by atoms with Gasteiger partial charge in [-0.3, -0.25) is 14.4 Å². The Morgan fingerprint density at radius 2 is 1.23 bits per heavy atom. The highest BCUT2D eigenvalue weighted by atomic mass is 16.3. The molecule has 0 fully saturated rings. The van der Waals surface area contributed by atoms with E-state index in [1.807, 2.05) is 0 Å². The van der Waals surface area contributed by atoms with Gasteiger partial charge in [0.05, 0.1) is 11.1 Å². The monoisotopic (exact) mass is 346 g/mol. The topological polar surface area (TPSA) is 91.7 Å². The molecule has 0 bridgehead atoms. The number of carbonyl (C=O) groups is 3. The summed E-state index contributed by atoms with van der Waals surface area (Å²) in [5, 5.41) is 20.6. The molecule has 0 spiro atoms. The van der Waals surface area contributed by atoms with E-state index in [1.165, 1.54) is 12.1 Å². The van der Waals surface area contributed by atoms with Crippen molar-refractivity contribution in [2.75, 3.05) is 0 Å². The number of aldehydes is 1. The minimum Gasteiger partial charge on any atom is -0.504 e. The predicted octanol–water partition coefficient (Wildman–Crippen LogP) is 3.37. The lowest BCUT2D eigenvalue weighted by atomic mass is 9.92. The summed E-state index contributed by atoms with van der Waals surface area (Å²) in [6.45, 7) is 0. The molecule has 3 rings (SSSR count). The first-order chi connectivity index (χ1) is 12.5. The van der Waals surface area contributed by atoms with Crippen LogP contribution < -0.4 is 0 Å². The Kier molecular flexibility index (Phi) is 4.62. The molecule has 5 heteroatoms. The Hall–Kier alpha value is -3.73. The minimum absolute atomic E-state index is 0.173. The number of rotatable bonds is 5. The summed E-state index contributed by atoms with van der Waals surface area (Å²) in [6, 6.07) is 17.3. The molecule has 3 aromatic rings. The molecule has 0 unspecified atom stereocenters. The Morgan fingerprint density at radius 3 is 1.73 bits per heavy atom. The fraction of sp³-hybridized carbons (Fsp3) is 0.